The van der Waals surface area contributed by atoms with E-state index in [-0.39, 0.29) is 18.0 Å². The minimum atomic E-state index is -4.52. The Labute approximate surface area is 162 Å². The molecular formula is C20H18F3NO3S. The maximum Gasteiger partial charge on any atom is 0.416 e. The van der Waals surface area contributed by atoms with Gasteiger partial charge < -0.3 is 4.74 Å². The van der Waals surface area contributed by atoms with Crippen molar-refractivity contribution >= 4 is 10.0 Å². The summed E-state index contributed by atoms with van der Waals surface area (Å²) < 4.78 is 69.5. The Kier molecular flexibility index (Phi) is 7.26. The van der Waals surface area contributed by atoms with Gasteiger partial charge in [-0.1, -0.05) is 36.1 Å². The summed E-state index contributed by atoms with van der Waals surface area (Å²) in [5, 5.41) is 0. The fraction of sp³-hybridized carbons (Fsp3) is 0.200. The first-order chi connectivity index (χ1) is 13.2. The first-order valence-corrected chi connectivity index (χ1v) is 9.66. The quantitative estimate of drug-likeness (QED) is 0.559. The Hall–Kier alpha value is -2.76. The number of halogens is 3. The zero-order valence-corrected chi connectivity index (χ0v) is 15.6. The number of benzene rings is 2. The molecule has 0 aliphatic rings. The van der Waals surface area contributed by atoms with Gasteiger partial charge in [-0.05, 0) is 42.3 Å². The molecule has 0 aromatic heterocycles. The molecule has 4 nitrogen and oxygen atoms in total. The van der Waals surface area contributed by atoms with Crippen molar-refractivity contribution in [1.82, 2.24) is 4.72 Å². The molecule has 0 radical (unpaired) electrons. The Balaban J connectivity index is 1.89. The summed E-state index contributed by atoms with van der Waals surface area (Å²) in [7, 11) is -3.95. The molecule has 0 bridgehead atoms. The molecule has 0 atom stereocenters. The van der Waals surface area contributed by atoms with Gasteiger partial charge in [0.15, 0.2) is 0 Å². The van der Waals surface area contributed by atoms with Crippen LogP contribution in [-0.4, -0.2) is 21.6 Å². The van der Waals surface area contributed by atoms with E-state index in [9.17, 15) is 21.6 Å². The van der Waals surface area contributed by atoms with E-state index in [0.717, 1.165) is 29.8 Å². The Bertz CT molecular complexity index is 972. The summed E-state index contributed by atoms with van der Waals surface area (Å²) in [5.74, 6) is 5.95. The van der Waals surface area contributed by atoms with Crippen LogP contribution in [0.1, 0.15) is 11.1 Å². The molecule has 0 unspecified atom stereocenters. The first-order valence-electron chi connectivity index (χ1n) is 8.18. The highest BCUT2D eigenvalue weighted by Crippen LogP contribution is 2.29. The molecule has 2 rings (SSSR count). The zero-order valence-electron chi connectivity index (χ0n) is 14.8. The molecule has 0 amide bonds. The third kappa shape index (κ3) is 6.15. The molecule has 0 fully saturated rings. The fourth-order valence-electron chi connectivity index (χ4n) is 2.23. The third-order valence-electron chi connectivity index (χ3n) is 3.60. The first kappa shape index (κ1) is 21.5. The van der Waals surface area contributed by atoms with Crippen LogP contribution in [0.25, 0.3) is 0 Å². The normalized spacial score (nSPS) is 11.4. The molecular weight excluding hydrogens is 391 g/mol. The number of rotatable bonds is 7. The van der Waals surface area contributed by atoms with Gasteiger partial charge in [0.25, 0.3) is 0 Å². The lowest BCUT2D eigenvalue weighted by Gasteiger charge is -2.08. The van der Waals surface area contributed by atoms with Crippen molar-refractivity contribution < 1.29 is 26.3 Å². The molecule has 2 aromatic carbocycles. The lowest BCUT2D eigenvalue weighted by Crippen LogP contribution is -2.24. The summed E-state index contributed by atoms with van der Waals surface area (Å²) in [6.45, 7) is 3.55. The van der Waals surface area contributed by atoms with Gasteiger partial charge in [-0.25, -0.2) is 8.42 Å². The molecule has 148 valence electrons. The van der Waals surface area contributed by atoms with Crippen LogP contribution >= 0.6 is 0 Å². The van der Waals surface area contributed by atoms with Crippen molar-refractivity contribution in [2.75, 3.05) is 13.2 Å². The van der Waals surface area contributed by atoms with E-state index in [1.807, 2.05) is 18.2 Å². The van der Waals surface area contributed by atoms with E-state index in [4.69, 9.17) is 4.74 Å². The standard InChI is InChI=1S/C20H18F3NO3S/c1-2-7-16-8-3-4-9-19(16)27-15-6-5-14-24-28(25,26)18-12-10-17(11-13-18)20(21,22)23/h2-4,8-13,24H,1,7,14-15H2. The number of hydrogen-bond acceptors (Lipinski definition) is 3. The molecule has 0 saturated carbocycles. The molecule has 0 saturated heterocycles. The van der Waals surface area contributed by atoms with Crippen molar-refractivity contribution in [2.24, 2.45) is 0 Å². The van der Waals surface area contributed by atoms with Crippen molar-refractivity contribution in [3.8, 4) is 17.6 Å². The van der Waals surface area contributed by atoms with Crippen molar-refractivity contribution in [3.63, 3.8) is 0 Å². The van der Waals surface area contributed by atoms with Gasteiger partial charge in [-0.3, -0.25) is 0 Å². The van der Waals surface area contributed by atoms with Crippen molar-refractivity contribution in [1.29, 1.82) is 0 Å². The molecule has 0 aliphatic carbocycles. The minimum absolute atomic E-state index is 0.0656. The number of alkyl halides is 3. The van der Waals surface area contributed by atoms with Crippen LogP contribution in [0, 0.1) is 11.8 Å². The Morgan fingerprint density at radius 3 is 2.39 bits per heavy atom. The Morgan fingerprint density at radius 1 is 1.07 bits per heavy atom. The number of ether oxygens (including phenoxy) is 1. The fourth-order valence-corrected chi connectivity index (χ4v) is 3.16. The van der Waals surface area contributed by atoms with Gasteiger partial charge >= 0.3 is 6.18 Å². The van der Waals surface area contributed by atoms with Gasteiger partial charge in [0, 0.05) is 0 Å². The molecule has 8 heteroatoms. The van der Waals surface area contributed by atoms with E-state index in [1.54, 1.807) is 12.1 Å². The third-order valence-corrected chi connectivity index (χ3v) is 5.02. The largest absolute Gasteiger partial charge is 0.481 e. The maximum atomic E-state index is 12.5. The number of para-hydroxylation sites is 1. The number of hydrogen-bond donors (Lipinski definition) is 1. The number of nitrogens with one attached hydrogen (secondary N) is 1. The van der Waals surface area contributed by atoms with Crippen molar-refractivity contribution in [3.05, 3.63) is 72.3 Å². The van der Waals surface area contributed by atoms with Gasteiger partial charge in [0.1, 0.15) is 12.4 Å². The van der Waals surface area contributed by atoms with Crippen LogP contribution in [-0.2, 0) is 22.6 Å². The molecule has 0 aliphatic heterocycles. The average Bonchev–Trinajstić information content (AvgIpc) is 2.65. The van der Waals surface area contributed by atoms with Gasteiger partial charge in [0.05, 0.1) is 17.0 Å². The summed E-state index contributed by atoms with van der Waals surface area (Å²) in [4.78, 5) is -0.267. The smallest absolute Gasteiger partial charge is 0.416 e. The summed E-state index contributed by atoms with van der Waals surface area (Å²) in [6, 6.07) is 10.7. The van der Waals surface area contributed by atoms with Crippen LogP contribution in [0.2, 0.25) is 0 Å². The maximum absolute atomic E-state index is 12.5. The molecule has 28 heavy (non-hydrogen) atoms. The molecule has 0 spiro atoms. The topological polar surface area (TPSA) is 55.4 Å². The van der Waals surface area contributed by atoms with Crippen LogP contribution < -0.4 is 9.46 Å². The van der Waals surface area contributed by atoms with Crippen LogP contribution in [0.4, 0.5) is 13.2 Å². The van der Waals surface area contributed by atoms with Crippen LogP contribution in [0.15, 0.2) is 66.1 Å². The second kappa shape index (κ2) is 9.44. The van der Waals surface area contributed by atoms with Crippen LogP contribution in [0.3, 0.4) is 0 Å². The highest BCUT2D eigenvalue weighted by molar-refractivity contribution is 7.89. The number of sulfonamides is 1. The van der Waals surface area contributed by atoms with E-state index in [2.05, 4.69) is 23.1 Å². The molecule has 0 heterocycles. The van der Waals surface area contributed by atoms with Gasteiger partial charge in [-0.2, -0.15) is 17.9 Å². The summed E-state index contributed by atoms with van der Waals surface area (Å²) in [5.41, 5.74) is 0.0439. The molecule has 1 N–H and O–H groups in total. The van der Waals surface area contributed by atoms with E-state index >= 15 is 0 Å². The van der Waals surface area contributed by atoms with E-state index in [1.165, 1.54) is 0 Å². The highest BCUT2D eigenvalue weighted by Gasteiger charge is 2.30. The second-order valence-corrected chi connectivity index (χ2v) is 7.36. The number of allylic oxidation sites excluding steroid dienone is 1. The predicted molar refractivity (Wildman–Crippen MR) is 100 cm³/mol. The van der Waals surface area contributed by atoms with E-state index < -0.39 is 21.8 Å². The predicted octanol–water partition coefficient (Wildman–Crippen LogP) is 3.79. The SMILES string of the molecule is C=CCc1ccccc1OCC#CCNS(=O)(=O)c1ccc(C(F)(F)F)cc1. The lowest BCUT2D eigenvalue weighted by molar-refractivity contribution is -0.137. The van der Waals surface area contributed by atoms with Gasteiger partial charge in [-0.15, -0.1) is 6.58 Å². The second-order valence-electron chi connectivity index (χ2n) is 5.59. The Morgan fingerprint density at radius 2 is 1.75 bits per heavy atom. The summed E-state index contributed by atoms with van der Waals surface area (Å²) >= 11 is 0. The average molecular weight is 409 g/mol. The van der Waals surface area contributed by atoms with Crippen molar-refractivity contribution in [2.45, 2.75) is 17.5 Å². The highest BCUT2D eigenvalue weighted by atomic mass is 32.2. The van der Waals surface area contributed by atoms with E-state index in [0.29, 0.717) is 12.2 Å². The van der Waals surface area contributed by atoms with Crippen LogP contribution in [0.5, 0.6) is 5.75 Å². The molecule has 2 aromatic rings. The lowest BCUT2D eigenvalue weighted by atomic mass is 10.1. The zero-order chi connectivity index (χ0) is 20.6. The summed E-state index contributed by atoms with van der Waals surface area (Å²) in [6.07, 6.45) is -2.12. The van der Waals surface area contributed by atoms with Gasteiger partial charge in [0.2, 0.25) is 10.0 Å². The minimum Gasteiger partial charge on any atom is -0.481 e. The monoisotopic (exact) mass is 409 g/mol.